The SMILES string of the molecule is COCCCCCCCCCCCC(=O)N[C@@H](CCC(=O)O)C(=O)O. The first-order valence-electron chi connectivity index (χ1n) is 9.20. The maximum Gasteiger partial charge on any atom is 0.326 e. The zero-order valence-corrected chi connectivity index (χ0v) is 15.3. The van der Waals surface area contributed by atoms with Crippen LogP contribution in [-0.4, -0.2) is 47.8 Å². The normalized spacial score (nSPS) is 11.9. The minimum absolute atomic E-state index is 0.0964. The van der Waals surface area contributed by atoms with E-state index in [0.717, 1.165) is 38.7 Å². The van der Waals surface area contributed by atoms with Gasteiger partial charge < -0.3 is 20.3 Å². The van der Waals surface area contributed by atoms with Crippen molar-refractivity contribution in [2.75, 3.05) is 13.7 Å². The number of unbranched alkanes of at least 4 members (excludes halogenated alkanes) is 8. The predicted octanol–water partition coefficient (Wildman–Crippen LogP) is 2.97. The van der Waals surface area contributed by atoms with Crippen LogP contribution >= 0.6 is 0 Å². The van der Waals surface area contributed by atoms with Gasteiger partial charge in [0.05, 0.1) is 0 Å². The number of carboxylic acids is 2. The van der Waals surface area contributed by atoms with Gasteiger partial charge in [-0.15, -0.1) is 0 Å². The molecular weight excluding hydrogens is 326 g/mol. The van der Waals surface area contributed by atoms with Gasteiger partial charge in [-0.1, -0.05) is 44.9 Å². The largest absolute Gasteiger partial charge is 0.481 e. The lowest BCUT2D eigenvalue weighted by molar-refractivity contribution is -0.143. The van der Waals surface area contributed by atoms with Crippen molar-refractivity contribution in [3.8, 4) is 0 Å². The van der Waals surface area contributed by atoms with Gasteiger partial charge in [0, 0.05) is 26.6 Å². The molecule has 0 aliphatic rings. The third-order valence-corrected chi connectivity index (χ3v) is 4.03. The maximum absolute atomic E-state index is 11.7. The molecule has 0 aliphatic carbocycles. The van der Waals surface area contributed by atoms with Crippen LogP contribution in [0.3, 0.4) is 0 Å². The Bertz CT molecular complexity index is 386. The summed E-state index contributed by atoms with van der Waals surface area (Å²) in [7, 11) is 1.72. The lowest BCUT2D eigenvalue weighted by Gasteiger charge is -2.13. The van der Waals surface area contributed by atoms with Crippen molar-refractivity contribution in [1.29, 1.82) is 0 Å². The number of carbonyl (C=O) groups is 3. The summed E-state index contributed by atoms with van der Waals surface area (Å²) in [5.74, 6) is -2.59. The number of hydrogen-bond donors (Lipinski definition) is 3. The molecule has 0 fully saturated rings. The molecule has 7 heteroatoms. The summed E-state index contributed by atoms with van der Waals surface area (Å²) in [6.07, 6.45) is 9.82. The molecule has 0 bridgehead atoms. The van der Waals surface area contributed by atoms with Crippen molar-refractivity contribution >= 4 is 17.8 Å². The summed E-state index contributed by atoms with van der Waals surface area (Å²) in [5, 5.41) is 20.0. The summed E-state index contributed by atoms with van der Waals surface area (Å²) in [6.45, 7) is 0.834. The van der Waals surface area contributed by atoms with Gasteiger partial charge in [-0.25, -0.2) is 4.79 Å². The fourth-order valence-electron chi connectivity index (χ4n) is 2.56. The molecule has 0 heterocycles. The van der Waals surface area contributed by atoms with Crippen LogP contribution in [0.1, 0.15) is 77.0 Å². The van der Waals surface area contributed by atoms with Gasteiger partial charge >= 0.3 is 11.9 Å². The minimum Gasteiger partial charge on any atom is -0.481 e. The molecule has 0 saturated carbocycles. The van der Waals surface area contributed by atoms with Crippen LogP contribution in [0.2, 0.25) is 0 Å². The number of carbonyl (C=O) groups excluding carboxylic acids is 1. The van der Waals surface area contributed by atoms with Crippen LogP contribution in [0.15, 0.2) is 0 Å². The number of methoxy groups -OCH3 is 1. The lowest BCUT2D eigenvalue weighted by Crippen LogP contribution is -2.41. The molecule has 0 aromatic carbocycles. The van der Waals surface area contributed by atoms with E-state index in [4.69, 9.17) is 14.9 Å². The number of ether oxygens (including phenoxy) is 1. The summed E-state index contributed by atoms with van der Waals surface area (Å²) < 4.78 is 5.00. The molecule has 1 amide bonds. The Morgan fingerprint density at radius 1 is 0.840 bits per heavy atom. The summed E-state index contributed by atoms with van der Waals surface area (Å²) >= 11 is 0. The van der Waals surface area contributed by atoms with E-state index >= 15 is 0 Å². The molecule has 1 atom stereocenters. The lowest BCUT2D eigenvalue weighted by atomic mass is 10.1. The van der Waals surface area contributed by atoms with Crippen LogP contribution in [0.4, 0.5) is 0 Å². The van der Waals surface area contributed by atoms with Gasteiger partial charge in [0.2, 0.25) is 5.91 Å². The summed E-state index contributed by atoms with van der Waals surface area (Å²) in [5.41, 5.74) is 0. The molecule has 146 valence electrons. The molecule has 0 aromatic heterocycles. The highest BCUT2D eigenvalue weighted by molar-refractivity contribution is 5.83. The average Bonchev–Trinajstić information content (AvgIpc) is 2.56. The average molecular weight is 359 g/mol. The van der Waals surface area contributed by atoms with Crippen molar-refractivity contribution in [3.05, 3.63) is 0 Å². The standard InChI is InChI=1S/C18H33NO6/c1-25-14-10-8-6-4-2-3-5-7-9-11-16(20)19-15(18(23)24)12-13-17(21)22/h15H,2-14H2,1H3,(H,19,20)(H,21,22)(H,23,24)/t15-/m0/s1. The Balaban J connectivity index is 3.58. The zero-order chi connectivity index (χ0) is 18.9. The van der Waals surface area contributed by atoms with Crippen LogP contribution in [0.25, 0.3) is 0 Å². The molecule has 0 saturated heterocycles. The zero-order valence-electron chi connectivity index (χ0n) is 15.3. The van der Waals surface area contributed by atoms with Crippen LogP contribution in [-0.2, 0) is 19.1 Å². The smallest absolute Gasteiger partial charge is 0.326 e. The van der Waals surface area contributed by atoms with Gasteiger partial charge in [0.15, 0.2) is 0 Å². The number of carboxylic acid groups (broad SMARTS) is 2. The molecule has 0 aliphatic heterocycles. The predicted molar refractivity (Wildman–Crippen MR) is 94.5 cm³/mol. The summed E-state index contributed by atoms with van der Waals surface area (Å²) in [4.78, 5) is 33.2. The molecule has 25 heavy (non-hydrogen) atoms. The first-order chi connectivity index (χ1) is 12.0. The molecular formula is C18H33NO6. The van der Waals surface area contributed by atoms with Gasteiger partial charge in [0.25, 0.3) is 0 Å². The van der Waals surface area contributed by atoms with Crippen molar-refractivity contribution in [1.82, 2.24) is 5.32 Å². The maximum atomic E-state index is 11.7. The third kappa shape index (κ3) is 15.6. The van der Waals surface area contributed by atoms with Gasteiger partial charge in [-0.3, -0.25) is 9.59 Å². The fraction of sp³-hybridized carbons (Fsp3) is 0.833. The number of hydrogen-bond acceptors (Lipinski definition) is 4. The molecule has 0 unspecified atom stereocenters. The van der Waals surface area contributed by atoms with Crippen LogP contribution in [0.5, 0.6) is 0 Å². The van der Waals surface area contributed by atoms with E-state index in [-0.39, 0.29) is 25.2 Å². The Morgan fingerprint density at radius 2 is 1.36 bits per heavy atom. The second-order valence-corrected chi connectivity index (χ2v) is 6.32. The number of nitrogens with one attached hydrogen (secondary N) is 1. The number of aliphatic carboxylic acids is 2. The molecule has 7 nitrogen and oxygen atoms in total. The van der Waals surface area contributed by atoms with E-state index in [9.17, 15) is 14.4 Å². The number of amides is 1. The number of rotatable bonds is 17. The van der Waals surface area contributed by atoms with E-state index in [1.807, 2.05) is 0 Å². The van der Waals surface area contributed by atoms with Gasteiger partial charge in [0.1, 0.15) is 6.04 Å². The van der Waals surface area contributed by atoms with Crippen molar-refractivity contribution < 1.29 is 29.3 Å². The Morgan fingerprint density at radius 3 is 1.84 bits per heavy atom. The Labute approximate surface area is 150 Å². The first kappa shape index (κ1) is 23.4. The Hall–Kier alpha value is -1.63. The van der Waals surface area contributed by atoms with Gasteiger partial charge in [-0.05, 0) is 19.3 Å². The summed E-state index contributed by atoms with van der Waals surface area (Å²) in [6, 6.07) is -1.12. The van der Waals surface area contributed by atoms with Crippen LogP contribution < -0.4 is 5.32 Å². The highest BCUT2D eigenvalue weighted by Crippen LogP contribution is 2.11. The van der Waals surface area contributed by atoms with E-state index in [0.29, 0.717) is 0 Å². The van der Waals surface area contributed by atoms with Crippen molar-refractivity contribution in [3.63, 3.8) is 0 Å². The highest BCUT2D eigenvalue weighted by Gasteiger charge is 2.20. The van der Waals surface area contributed by atoms with Crippen molar-refractivity contribution in [2.45, 2.75) is 83.1 Å². The van der Waals surface area contributed by atoms with Crippen LogP contribution in [0, 0.1) is 0 Å². The van der Waals surface area contributed by atoms with E-state index in [2.05, 4.69) is 5.32 Å². The van der Waals surface area contributed by atoms with Crippen molar-refractivity contribution in [2.24, 2.45) is 0 Å². The minimum atomic E-state index is -1.19. The quantitative estimate of drug-likeness (QED) is 0.344. The van der Waals surface area contributed by atoms with E-state index < -0.39 is 18.0 Å². The second kappa shape index (κ2) is 15.9. The highest BCUT2D eigenvalue weighted by atomic mass is 16.5. The first-order valence-corrected chi connectivity index (χ1v) is 9.20. The topological polar surface area (TPSA) is 113 Å². The second-order valence-electron chi connectivity index (χ2n) is 6.32. The monoisotopic (exact) mass is 359 g/mol. The Kier molecular flexibility index (Phi) is 14.8. The molecule has 0 spiro atoms. The molecule has 0 radical (unpaired) electrons. The van der Waals surface area contributed by atoms with Gasteiger partial charge in [-0.2, -0.15) is 0 Å². The van der Waals surface area contributed by atoms with E-state index in [1.54, 1.807) is 7.11 Å². The molecule has 0 rings (SSSR count). The fourth-order valence-corrected chi connectivity index (χ4v) is 2.56. The third-order valence-electron chi connectivity index (χ3n) is 4.03. The van der Waals surface area contributed by atoms with E-state index in [1.165, 1.54) is 25.7 Å². The molecule has 0 aromatic rings. The molecule has 3 N–H and O–H groups in total.